The van der Waals surface area contributed by atoms with Gasteiger partial charge in [0.2, 0.25) is 11.4 Å². The molecule has 0 saturated heterocycles. The van der Waals surface area contributed by atoms with E-state index >= 15 is 0 Å². The summed E-state index contributed by atoms with van der Waals surface area (Å²) in [5.41, 5.74) is 1.09. The number of ether oxygens (including phenoxy) is 3. The van der Waals surface area contributed by atoms with E-state index in [0.29, 0.717) is 41.9 Å². The van der Waals surface area contributed by atoms with Crippen LogP contribution in [0.1, 0.15) is 23.0 Å². The predicted molar refractivity (Wildman–Crippen MR) is 131 cm³/mol. The van der Waals surface area contributed by atoms with Crippen molar-refractivity contribution in [2.45, 2.75) is 20.0 Å². The fourth-order valence-corrected chi connectivity index (χ4v) is 4.06. The van der Waals surface area contributed by atoms with Crippen LogP contribution in [-0.4, -0.2) is 46.4 Å². The molecule has 1 atom stereocenters. The fourth-order valence-electron chi connectivity index (χ4n) is 4.06. The third-order valence-electron chi connectivity index (χ3n) is 5.70. The highest BCUT2D eigenvalue weighted by atomic mass is 16.6. The molecule has 178 valence electrons. The summed E-state index contributed by atoms with van der Waals surface area (Å²) in [4.78, 5) is 34.8. The van der Waals surface area contributed by atoms with Crippen molar-refractivity contribution >= 4 is 23.0 Å². The first-order valence-electron chi connectivity index (χ1n) is 11.3. The summed E-state index contributed by atoms with van der Waals surface area (Å²) < 4.78 is 18.7. The van der Waals surface area contributed by atoms with Crippen molar-refractivity contribution in [1.29, 1.82) is 0 Å². The van der Waals surface area contributed by atoms with Crippen molar-refractivity contribution < 1.29 is 19.0 Å². The standard InChI is InChI=1S/C26H24N4O5/c1-3-33-25(32)22-16(2)30(17-9-5-4-6-10-17)24-19(23(22)31)14-28-26(29-24)27-13-18-15-34-20-11-7-8-12-21(20)35-18/h4-12,14,18H,3,13,15H2,1-2H3,(H,27,28,29)/t18-/m0/s1. The molecular weight excluding hydrogens is 448 g/mol. The smallest absolute Gasteiger partial charge is 0.343 e. The minimum Gasteiger partial charge on any atom is -0.486 e. The van der Waals surface area contributed by atoms with Gasteiger partial charge in [0.15, 0.2) is 17.1 Å². The minimum absolute atomic E-state index is 0.0288. The third kappa shape index (κ3) is 4.28. The van der Waals surface area contributed by atoms with Gasteiger partial charge in [0, 0.05) is 17.6 Å². The molecule has 5 rings (SSSR count). The van der Waals surface area contributed by atoms with E-state index in [1.165, 1.54) is 6.20 Å². The van der Waals surface area contributed by atoms with Crippen LogP contribution in [0.3, 0.4) is 0 Å². The maximum absolute atomic E-state index is 13.2. The normalized spacial score (nSPS) is 14.5. The van der Waals surface area contributed by atoms with Crippen LogP contribution >= 0.6 is 0 Å². The quantitative estimate of drug-likeness (QED) is 0.425. The molecule has 2 aromatic heterocycles. The van der Waals surface area contributed by atoms with Crippen molar-refractivity contribution in [3.8, 4) is 17.2 Å². The van der Waals surface area contributed by atoms with Gasteiger partial charge in [-0.2, -0.15) is 4.98 Å². The molecule has 0 saturated carbocycles. The zero-order chi connectivity index (χ0) is 24.4. The molecule has 1 N–H and O–H groups in total. The lowest BCUT2D eigenvalue weighted by Crippen LogP contribution is -2.35. The zero-order valence-electron chi connectivity index (χ0n) is 19.4. The molecule has 35 heavy (non-hydrogen) atoms. The fraction of sp³-hybridized carbons (Fsp3) is 0.231. The first-order chi connectivity index (χ1) is 17.1. The number of carbonyl (C=O) groups excluding carboxylic acids is 1. The summed E-state index contributed by atoms with van der Waals surface area (Å²) in [6.45, 7) is 4.35. The van der Waals surface area contributed by atoms with E-state index in [0.717, 1.165) is 5.69 Å². The largest absolute Gasteiger partial charge is 0.486 e. The number of benzene rings is 2. The molecule has 3 heterocycles. The number of esters is 1. The summed E-state index contributed by atoms with van der Waals surface area (Å²) in [7, 11) is 0. The SMILES string of the molecule is CCOC(=O)c1c(C)n(-c2ccccc2)c2nc(NC[C@H]3COc4ccccc4O3)ncc2c1=O. The Labute approximate surface area is 201 Å². The number of pyridine rings is 1. The monoisotopic (exact) mass is 472 g/mol. The molecule has 0 bridgehead atoms. The van der Waals surface area contributed by atoms with Gasteiger partial charge in [-0.3, -0.25) is 9.36 Å². The maximum Gasteiger partial charge on any atom is 0.343 e. The number of nitrogens with zero attached hydrogens (tertiary/aromatic N) is 3. The van der Waals surface area contributed by atoms with Gasteiger partial charge in [0.25, 0.3) is 0 Å². The molecule has 0 aliphatic carbocycles. The Balaban J connectivity index is 1.52. The molecule has 0 unspecified atom stereocenters. The number of nitrogens with one attached hydrogen (secondary N) is 1. The lowest BCUT2D eigenvalue weighted by Gasteiger charge is -2.26. The number of anilines is 1. The van der Waals surface area contributed by atoms with Gasteiger partial charge in [-0.1, -0.05) is 30.3 Å². The Morgan fingerprint density at radius 2 is 1.89 bits per heavy atom. The first kappa shape index (κ1) is 22.4. The summed E-state index contributed by atoms with van der Waals surface area (Å²) in [5.74, 6) is 1.06. The first-order valence-corrected chi connectivity index (χ1v) is 11.3. The molecule has 9 nitrogen and oxygen atoms in total. The number of hydrogen-bond donors (Lipinski definition) is 1. The van der Waals surface area contributed by atoms with E-state index < -0.39 is 11.4 Å². The summed E-state index contributed by atoms with van der Waals surface area (Å²) in [6, 6.07) is 16.9. The van der Waals surface area contributed by atoms with Crippen LogP contribution < -0.4 is 20.2 Å². The summed E-state index contributed by atoms with van der Waals surface area (Å²) in [6.07, 6.45) is 1.19. The molecule has 0 fully saturated rings. The third-order valence-corrected chi connectivity index (χ3v) is 5.70. The molecule has 9 heteroatoms. The van der Waals surface area contributed by atoms with Crippen LogP contribution in [0.4, 0.5) is 5.95 Å². The van der Waals surface area contributed by atoms with Gasteiger partial charge in [-0.15, -0.1) is 0 Å². The van der Waals surface area contributed by atoms with Crippen molar-refractivity contribution in [3.05, 3.63) is 82.3 Å². The second kappa shape index (κ2) is 9.46. The van der Waals surface area contributed by atoms with E-state index in [1.54, 1.807) is 18.4 Å². The minimum atomic E-state index is -0.668. The van der Waals surface area contributed by atoms with Crippen molar-refractivity contribution in [2.24, 2.45) is 0 Å². The Kier molecular flexibility index (Phi) is 6.05. The Bertz CT molecular complexity index is 1450. The molecule has 0 radical (unpaired) electrons. The van der Waals surface area contributed by atoms with Crippen molar-refractivity contribution in [3.63, 3.8) is 0 Å². The van der Waals surface area contributed by atoms with Crippen molar-refractivity contribution in [2.75, 3.05) is 25.1 Å². The van der Waals surface area contributed by atoms with Gasteiger partial charge in [0.1, 0.15) is 18.3 Å². The van der Waals surface area contributed by atoms with E-state index in [2.05, 4.69) is 15.3 Å². The van der Waals surface area contributed by atoms with Crippen LogP contribution in [0.5, 0.6) is 11.5 Å². The predicted octanol–water partition coefficient (Wildman–Crippen LogP) is 3.52. The highest BCUT2D eigenvalue weighted by Crippen LogP contribution is 2.31. The van der Waals surface area contributed by atoms with Crippen LogP contribution in [0.2, 0.25) is 0 Å². The number of para-hydroxylation sites is 3. The molecule has 4 aromatic rings. The van der Waals surface area contributed by atoms with Crippen molar-refractivity contribution in [1.82, 2.24) is 14.5 Å². The lowest BCUT2D eigenvalue weighted by atomic mass is 10.1. The van der Waals surface area contributed by atoms with Gasteiger partial charge in [0.05, 0.1) is 18.5 Å². The summed E-state index contributed by atoms with van der Waals surface area (Å²) >= 11 is 0. The molecule has 1 aliphatic rings. The highest BCUT2D eigenvalue weighted by molar-refractivity contribution is 5.95. The second-order valence-corrected chi connectivity index (χ2v) is 7.99. The second-order valence-electron chi connectivity index (χ2n) is 7.99. The Morgan fingerprint density at radius 3 is 2.66 bits per heavy atom. The Morgan fingerprint density at radius 1 is 1.14 bits per heavy atom. The molecule has 0 spiro atoms. The molecule has 2 aromatic carbocycles. The average Bonchev–Trinajstić information content (AvgIpc) is 2.88. The number of hydrogen-bond acceptors (Lipinski definition) is 8. The van der Waals surface area contributed by atoms with Crippen LogP contribution in [0.25, 0.3) is 16.7 Å². The van der Waals surface area contributed by atoms with Gasteiger partial charge >= 0.3 is 5.97 Å². The Hall–Kier alpha value is -4.40. The zero-order valence-corrected chi connectivity index (χ0v) is 19.4. The van der Waals surface area contributed by atoms with Crippen LogP contribution in [0.15, 0.2) is 65.6 Å². The van der Waals surface area contributed by atoms with Gasteiger partial charge in [-0.05, 0) is 38.1 Å². The highest BCUT2D eigenvalue weighted by Gasteiger charge is 2.24. The van der Waals surface area contributed by atoms with E-state index in [9.17, 15) is 9.59 Å². The van der Waals surface area contributed by atoms with Crippen LogP contribution in [-0.2, 0) is 4.74 Å². The maximum atomic E-state index is 13.2. The number of rotatable bonds is 6. The van der Waals surface area contributed by atoms with E-state index in [4.69, 9.17) is 14.2 Å². The van der Waals surface area contributed by atoms with E-state index in [1.807, 2.05) is 54.6 Å². The topological polar surface area (TPSA) is 105 Å². The van der Waals surface area contributed by atoms with Crippen LogP contribution in [0, 0.1) is 6.92 Å². The number of aromatic nitrogens is 3. The summed E-state index contributed by atoms with van der Waals surface area (Å²) in [5, 5.41) is 3.40. The van der Waals surface area contributed by atoms with Gasteiger partial charge in [-0.25, -0.2) is 9.78 Å². The average molecular weight is 473 g/mol. The number of carbonyl (C=O) groups is 1. The number of fused-ring (bicyclic) bond motifs is 2. The van der Waals surface area contributed by atoms with Gasteiger partial charge < -0.3 is 19.5 Å². The van der Waals surface area contributed by atoms with E-state index in [-0.39, 0.29) is 23.7 Å². The lowest BCUT2D eigenvalue weighted by molar-refractivity contribution is 0.0523. The molecular formula is C26H24N4O5. The molecule has 0 amide bonds. The molecule has 1 aliphatic heterocycles.